The van der Waals surface area contributed by atoms with Gasteiger partial charge in [-0.15, -0.1) is 0 Å². The van der Waals surface area contributed by atoms with E-state index in [0.717, 1.165) is 19.7 Å². The highest BCUT2D eigenvalue weighted by atomic mass is 16.6. The van der Waals surface area contributed by atoms with Gasteiger partial charge in [0.2, 0.25) is 0 Å². The lowest BCUT2D eigenvalue weighted by Gasteiger charge is -2.09. The average Bonchev–Trinajstić information content (AvgIpc) is 3.38. The zero-order valence-corrected chi connectivity index (χ0v) is 44.9. The van der Waals surface area contributed by atoms with Crippen molar-refractivity contribution in [1.82, 2.24) is 5.32 Å². The first kappa shape index (κ1) is 70.2. The van der Waals surface area contributed by atoms with Crippen LogP contribution in [0.5, 0.6) is 0 Å². The van der Waals surface area contributed by atoms with E-state index in [1.165, 1.54) is 89.9 Å². The van der Waals surface area contributed by atoms with Gasteiger partial charge in [0.25, 0.3) is 0 Å². The molecule has 0 aliphatic rings. The van der Waals surface area contributed by atoms with E-state index < -0.39 is 0 Å². The fourth-order valence-corrected chi connectivity index (χ4v) is 6.40. The standard InChI is InChI=1S/C52H107NO18/c1-2-3-4-5-6-7-8-9-10-11-12-13-14-15-16-53-17-19-55-21-23-57-25-27-59-29-31-61-33-35-63-37-39-65-41-43-67-45-47-69-49-51-71-52-50-70-48-46-68-44-42-66-40-38-64-36-34-62-32-30-60-28-26-58-24-22-56-20-18-54/h53-54H,2-52H2,1H3. The lowest BCUT2D eigenvalue weighted by atomic mass is 10.0. The SMILES string of the molecule is CCCCCCCCCCCCCCCCNCCOCCOCCOCCOCCOCCOCCOCCOCCOCCOCCOCCOCCOCCOCCOCCOCCOCCO. The van der Waals surface area contributed by atoms with Crippen LogP contribution in [0, 0.1) is 0 Å². The second kappa shape index (κ2) is 69.2. The molecular formula is C52H107NO18. The molecule has 0 aliphatic carbocycles. The van der Waals surface area contributed by atoms with Gasteiger partial charge in [-0.25, -0.2) is 0 Å². The van der Waals surface area contributed by atoms with Gasteiger partial charge in [0.15, 0.2) is 0 Å². The number of hydrogen-bond acceptors (Lipinski definition) is 19. The van der Waals surface area contributed by atoms with E-state index >= 15 is 0 Å². The molecule has 0 aromatic rings. The van der Waals surface area contributed by atoms with Gasteiger partial charge >= 0.3 is 0 Å². The molecule has 19 nitrogen and oxygen atoms in total. The van der Waals surface area contributed by atoms with Crippen LogP contribution in [0.1, 0.15) is 96.8 Å². The molecule has 0 fully saturated rings. The number of rotatable bonds is 68. The number of aliphatic hydroxyl groups is 1. The zero-order chi connectivity index (χ0) is 50.8. The zero-order valence-electron chi connectivity index (χ0n) is 44.9. The molecule has 19 heteroatoms. The Labute approximate surface area is 431 Å². The molecule has 71 heavy (non-hydrogen) atoms. The molecule has 0 aromatic heterocycles. The predicted octanol–water partition coefficient (Wildman–Crippen LogP) is 5.33. The van der Waals surface area contributed by atoms with Crippen LogP contribution in [-0.4, -0.2) is 249 Å². The second-order valence-corrected chi connectivity index (χ2v) is 16.5. The lowest BCUT2D eigenvalue weighted by Crippen LogP contribution is -2.22. The quantitative estimate of drug-likeness (QED) is 0.0743. The molecule has 0 saturated carbocycles. The molecule has 2 N–H and O–H groups in total. The summed E-state index contributed by atoms with van der Waals surface area (Å²) in [7, 11) is 0. The van der Waals surface area contributed by atoms with Crippen LogP contribution in [0.15, 0.2) is 0 Å². The minimum atomic E-state index is 0.0217. The molecule has 0 heterocycles. The van der Waals surface area contributed by atoms with E-state index in [-0.39, 0.29) is 6.61 Å². The molecule has 0 bridgehead atoms. The summed E-state index contributed by atoms with van der Waals surface area (Å²) >= 11 is 0. The number of aliphatic hydroxyl groups excluding tert-OH is 1. The Morgan fingerprint density at radius 1 is 0.197 bits per heavy atom. The molecule has 0 aromatic carbocycles. The van der Waals surface area contributed by atoms with Gasteiger partial charge in [-0.05, 0) is 13.0 Å². The molecule has 0 radical (unpaired) electrons. The summed E-state index contributed by atoms with van der Waals surface area (Å²) in [5.41, 5.74) is 0. The van der Waals surface area contributed by atoms with E-state index in [9.17, 15) is 0 Å². The summed E-state index contributed by atoms with van der Waals surface area (Å²) < 4.78 is 93.3. The molecule has 0 saturated heterocycles. The summed E-state index contributed by atoms with van der Waals surface area (Å²) in [6.45, 7) is 21.6. The molecule has 0 rings (SSSR count). The molecule has 0 aliphatic heterocycles. The van der Waals surface area contributed by atoms with Crippen LogP contribution in [0.3, 0.4) is 0 Å². The smallest absolute Gasteiger partial charge is 0.0701 e. The van der Waals surface area contributed by atoms with Crippen molar-refractivity contribution in [1.29, 1.82) is 0 Å². The van der Waals surface area contributed by atoms with Crippen molar-refractivity contribution in [2.24, 2.45) is 0 Å². The summed E-state index contributed by atoms with van der Waals surface area (Å²) in [5.74, 6) is 0. The van der Waals surface area contributed by atoms with Crippen molar-refractivity contribution in [3.63, 3.8) is 0 Å². The second-order valence-electron chi connectivity index (χ2n) is 16.5. The van der Waals surface area contributed by atoms with Crippen molar-refractivity contribution in [3.05, 3.63) is 0 Å². The first-order valence-electron chi connectivity index (χ1n) is 27.5. The Morgan fingerprint density at radius 2 is 0.366 bits per heavy atom. The van der Waals surface area contributed by atoms with Crippen molar-refractivity contribution >= 4 is 0 Å². The monoisotopic (exact) mass is 1030 g/mol. The molecule has 0 unspecified atom stereocenters. The van der Waals surface area contributed by atoms with Gasteiger partial charge in [-0.1, -0.05) is 90.4 Å². The third-order valence-corrected chi connectivity index (χ3v) is 10.3. The normalized spacial score (nSPS) is 11.7. The van der Waals surface area contributed by atoms with Crippen LogP contribution >= 0.6 is 0 Å². The van der Waals surface area contributed by atoms with E-state index in [4.69, 9.17) is 85.6 Å². The number of hydrogen-bond donors (Lipinski definition) is 2. The van der Waals surface area contributed by atoms with Gasteiger partial charge in [-0.3, -0.25) is 0 Å². The third-order valence-electron chi connectivity index (χ3n) is 10.3. The highest BCUT2D eigenvalue weighted by Crippen LogP contribution is 2.13. The predicted molar refractivity (Wildman–Crippen MR) is 274 cm³/mol. The lowest BCUT2D eigenvalue weighted by molar-refractivity contribution is -0.0308. The van der Waals surface area contributed by atoms with E-state index in [2.05, 4.69) is 12.2 Å². The number of ether oxygens (including phenoxy) is 17. The van der Waals surface area contributed by atoms with Gasteiger partial charge in [0.05, 0.1) is 231 Å². The maximum absolute atomic E-state index is 8.61. The first-order valence-corrected chi connectivity index (χ1v) is 27.5. The maximum Gasteiger partial charge on any atom is 0.0701 e. The fraction of sp³-hybridized carbons (Fsp3) is 1.00. The van der Waals surface area contributed by atoms with Crippen LogP contribution in [0.25, 0.3) is 0 Å². The van der Waals surface area contributed by atoms with Crippen LogP contribution in [-0.2, 0) is 80.5 Å². The molecule has 428 valence electrons. The first-order chi connectivity index (χ1) is 35.4. The highest BCUT2D eigenvalue weighted by molar-refractivity contribution is 4.52. The van der Waals surface area contributed by atoms with Crippen LogP contribution in [0.4, 0.5) is 0 Å². The highest BCUT2D eigenvalue weighted by Gasteiger charge is 2.00. The largest absolute Gasteiger partial charge is 0.394 e. The number of nitrogens with one attached hydrogen (secondary N) is 1. The van der Waals surface area contributed by atoms with Crippen molar-refractivity contribution in [2.45, 2.75) is 96.8 Å². The Hall–Kier alpha value is -0.760. The molecule has 0 amide bonds. The minimum absolute atomic E-state index is 0.0217. The molecule has 0 atom stereocenters. The topological polar surface area (TPSA) is 189 Å². The van der Waals surface area contributed by atoms with Gasteiger partial charge < -0.3 is 90.9 Å². The van der Waals surface area contributed by atoms with Crippen molar-refractivity contribution < 1.29 is 85.6 Å². The third kappa shape index (κ3) is 69.2. The Balaban J connectivity index is 3.07. The van der Waals surface area contributed by atoms with Crippen molar-refractivity contribution in [3.8, 4) is 0 Å². The van der Waals surface area contributed by atoms with Crippen molar-refractivity contribution in [2.75, 3.05) is 244 Å². The van der Waals surface area contributed by atoms with Crippen LogP contribution < -0.4 is 5.32 Å². The fourth-order valence-electron chi connectivity index (χ4n) is 6.40. The Kier molecular flexibility index (Phi) is 68.5. The Bertz CT molecular complexity index is 840. The van der Waals surface area contributed by atoms with E-state index in [0.29, 0.717) is 218 Å². The van der Waals surface area contributed by atoms with E-state index in [1.54, 1.807) is 0 Å². The molecular weight excluding hydrogens is 927 g/mol. The van der Waals surface area contributed by atoms with Crippen LogP contribution in [0.2, 0.25) is 0 Å². The van der Waals surface area contributed by atoms with Gasteiger partial charge in [0, 0.05) is 6.54 Å². The van der Waals surface area contributed by atoms with Gasteiger partial charge in [0.1, 0.15) is 0 Å². The molecule has 0 spiro atoms. The summed E-state index contributed by atoms with van der Waals surface area (Å²) in [6.07, 6.45) is 19.5. The van der Waals surface area contributed by atoms with Gasteiger partial charge in [-0.2, -0.15) is 0 Å². The summed E-state index contributed by atoms with van der Waals surface area (Å²) in [4.78, 5) is 0. The average molecular weight is 1030 g/mol. The number of unbranched alkanes of at least 4 members (excludes halogenated alkanes) is 13. The summed E-state index contributed by atoms with van der Waals surface area (Å²) in [6, 6.07) is 0. The Morgan fingerprint density at radius 3 is 0.563 bits per heavy atom. The minimum Gasteiger partial charge on any atom is -0.394 e. The summed E-state index contributed by atoms with van der Waals surface area (Å²) in [5, 5.41) is 12.1. The maximum atomic E-state index is 8.61. The van der Waals surface area contributed by atoms with E-state index in [1.807, 2.05) is 0 Å².